The molecule has 0 bridgehead atoms. The zero-order chi connectivity index (χ0) is 21.0. The highest BCUT2D eigenvalue weighted by Gasteiger charge is 2.21. The average molecular weight is 517 g/mol. The summed E-state index contributed by atoms with van der Waals surface area (Å²) in [6, 6.07) is 9.44. The fraction of sp³-hybridized carbons (Fsp3) is 0.409. The highest BCUT2D eigenvalue weighted by molar-refractivity contribution is 9.10. The molecule has 29 heavy (non-hydrogen) atoms. The molecule has 1 fully saturated rings. The van der Waals surface area contributed by atoms with Gasteiger partial charge in [-0.2, -0.15) is 0 Å². The molecule has 1 heterocycles. The van der Waals surface area contributed by atoms with Crippen LogP contribution in [-0.2, 0) is 6.61 Å². The van der Waals surface area contributed by atoms with Crippen LogP contribution in [0.15, 0.2) is 34.8 Å². The SMILES string of the molecule is CCOc1cc(C(=S)N2CCC(C)CC2)cc(Br)c1OCc1ccc(Cl)c(Cl)c1. The Balaban J connectivity index is 1.80. The lowest BCUT2D eigenvalue weighted by Gasteiger charge is -2.32. The van der Waals surface area contributed by atoms with E-state index in [0.29, 0.717) is 34.8 Å². The van der Waals surface area contributed by atoms with Crippen molar-refractivity contribution in [2.45, 2.75) is 33.3 Å². The molecular formula is C22H24BrCl2NO2S. The van der Waals surface area contributed by atoms with Gasteiger partial charge in [0.1, 0.15) is 11.6 Å². The summed E-state index contributed by atoms with van der Waals surface area (Å²) >= 11 is 21.5. The standard InChI is InChI=1S/C22H24BrCl2NO2S/c1-3-27-20-12-16(22(29)26-8-6-14(2)7-9-26)11-17(23)21(20)28-13-15-4-5-18(24)19(25)10-15/h4-5,10-12,14H,3,6-9,13H2,1-2H3. The zero-order valence-corrected chi connectivity index (χ0v) is 20.4. The summed E-state index contributed by atoms with van der Waals surface area (Å²) < 4.78 is 12.7. The highest BCUT2D eigenvalue weighted by Crippen LogP contribution is 2.38. The molecule has 1 aliphatic heterocycles. The van der Waals surface area contributed by atoms with Gasteiger partial charge in [0.15, 0.2) is 11.5 Å². The Bertz CT molecular complexity index is 885. The molecule has 0 amide bonds. The van der Waals surface area contributed by atoms with Crippen LogP contribution in [0.5, 0.6) is 11.5 Å². The van der Waals surface area contributed by atoms with Gasteiger partial charge in [0, 0.05) is 18.7 Å². The number of benzene rings is 2. The summed E-state index contributed by atoms with van der Waals surface area (Å²) in [6.07, 6.45) is 2.34. The lowest BCUT2D eigenvalue weighted by Crippen LogP contribution is -2.37. The predicted octanol–water partition coefficient (Wildman–Crippen LogP) is 7.14. The second-order valence-electron chi connectivity index (χ2n) is 7.23. The Morgan fingerprint density at radius 2 is 1.86 bits per heavy atom. The maximum atomic E-state index is 6.11. The number of nitrogens with zero attached hydrogens (tertiary/aromatic N) is 1. The van der Waals surface area contributed by atoms with E-state index in [4.69, 9.17) is 44.9 Å². The van der Waals surface area contributed by atoms with Gasteiger partial charge in [0.2, 0.25) is 0 Å². The van der Waals surface area contributed by atoms with Gasteiger partial charge in [-0.3, -0.25) is 0 Å². The van der Waals surface area contributed by atoms with Crippen molar-refractivity contribution in [2.24, 2.45) is 5.92 Å². The highest BCUT2D eigenvalue weighted by atomic mass is 79.9. The Labute approximate surface area is 196 Å². The summed E-state index contributed by atoms with van der Waals surface area (Å²) in [7, 11) is 0. The number of piperidine rings is 1. The first-order valence-corrected chi connectivity index (χ1v) is 11.7. The second-order valence-corrected chi connectivity index (χ2v) is 9.29. The third-order valence-electron chi connectivity index (χ3n) is 4.99. The molecule has 156 valence electrons. The van der Waals surface area contributed by atoms with Crippen LogP contribution in [0.1, 0.15) is 37.8 Å². The molecule has 0 N–H and O–H groups in total. The summed E-state index contributed by atoms with van der Waals surface area (Å²) in [4.78, 5) is 3.14. The summed E-state index contributed by atoms with van der Waals surface area (Å²) in [5, 5.41) is 1.03. The van der Waals surface area contributed by atoms with Crippen molar-refractivity contribution in [1.29, 1.82) is 0 Å². The van der Waals surface area contributed by atoms with E-state index >= 15 is 0 Å². The monoisotopic (exact) mass is 515 g/mol. The summed E-state index contributed by atoms with van der Waals surface area (Å²) in [6.45, 7) is 7.13. The van der Waals surface area contributed by atoms with Crippen molar-refractivity contribution in [3.63, 3.8) is 0 Å². The normalized spacial score (nSPS) is 14.7. The Morgan fingerprint density at radius 1 is 1.14 bits per heavy atom. The molecule has 1 saturated heterocycles. The second kappa shape index (κ2) is 10.3. The molecule has 0 aromatic heterocycles. The van der Waals surface area contributed by atoms with Gasteiger partial charge < -0.3 is 14.4 Å². The maximum absolute atomic E-state index is 6.11. The van der Waals surface area contributed by atoms with Crippen molar-refractivity contribution < 1.29 is 9.47 Å². The summed E-state index contributed by atoms with van der Waals surface area (Å²) in [5.74, 6) is 2.08. The molecule has 2 aromatic carbocycles. The fourth-order valence-electron chi connectivity index (χ4n) is 3.27. The largest absolute Gasteiger partial charge is 0.490 e. The molecule has 3 nitrogen and oxygen atoms in total. The van der Waals surface area contributed by atoms with Crippen LogP contribution in [0.3, 0.4) is 0 Å². The van der Waals surface area contributed by atoms with E-state index in [1.165, 1.54) is 12.8 Å². The number of ether oxygens (including phenoxy) is 2. The lowest BCUT2D eigenvalue weighted by molar-refractivity contribution is 0.267. The number of thiocarbonyl (C=S) groups is 1. The molecule has 0 spiro atoms. The van der Waals surface area contributed by atoms with Crippen molar-refractivity contribution in [1.82, 2.24) is 4.90 Å². The van der Waals surface area contributed by atoms with Crippen LogP contribution >= 0.6 is 51.3 Å². The third-order valence-corrected chi connectivity index (χ3v) is 6.82. The van der Waals surface area contributed by atoms with Gasteiger partial charge in [-0.15, -0.1) is 0 Å². The average Bonchev–Trinajstić information content (AvgIpc) is 2.70. The Hall–Kier alpha value is -1.01. The van der Waals surface area contributed by atoms with Crippen molar-refractivity contribution >= 4 is 56.3 Å². The molecule has 7 heteroatoms. The molecule has 0 radical (unpaired) electrons. The van der Waals surface area contributed by atoms with E-state index in [2.05, 4.69) is 27.8 Å². The van der Waals surface area contributed by atoms with E-state index < -0.39 is 0 Å². The van der Waals surface area contributed by atoms with Crippen LogP contribution in [0.2, 0.25) is 10.0 Å². The van der Waals surface area contributed by atoms with Gasteiger partial charge in [-0.25, -0.2) is 0 Å². The van der Waals surface area contributed by atoms with E-state index in [1.807, 2.05) is 25.1 Å². The Kier molecular flexibility index (Phi) is 8.08. The molecule has 0 aliphatic carbocycles. The molecule has 0 unspecified atom stereocenters. The minimum Gasteiger partial charge on any atom is -0.490 e. The van der Waals surface area contributed by atoms with Crippen LogP contribution in [-0.4, -0.2) is 29.6 Å². The number of likely N-dealkylation sites (tertiary alicyclic amines) is 1. The topological polar surface area (TPSA) is 21.7 Å². The van der Waals surface area contributed by atoms with E-state index in [-0.39, 0.29) is 0 Å². The Morgan fingerprint density at radius 3 is 2.52 bits per heavy atom. The van der Waals surface area contributed by atoms with Crippen molar-refractivity contribution in [2.75, 3.05) is 19.7 Å². The molecule has 1 aliphatic rings. The minimum atomic E-state index is 0.351. The van der Waals surface area contributed by atoms with Gasteiger partial charge in [-0.05, 0) is 71.4 Å². The van der Waals surface area contributed by atoms with Gasteiger partial charge >= 0.3 is 0 Å². The van der Waals surface area contributed by atoms with E-state index in [9.17, 15) is 0 Å². The molecule has 0 atom stereocenters. The van der Waals surface area contributed by atoms with Crippen molar-refractivity contribution in [3.05, 3.63) is 56.0 Å². The molecule has 2 aromatic rings. The first-order chi connectivity index (χ1) is 13.9. The van der Waals surface area contributed by atoms with E-state index in [1.54, 1.807) is 12.1 Å². The lowest BCUT2D eigenvalue weighted by atomic mass is 9.99. The van der Waals surface area contributed by atoms with Crippen molar-refractivity contribution in [3.8, 4) is 11.5 Å². The zero-order valence-electron chi connectivity index (χ0n) is 16.5. The number of hydrogen-bond acceptors (Lipinski definition) is 3. The first-order valence-electron chi connectivity index (χ1n) is 9.71. The van der Waals surface area contributed by atoms with E-state index in [0.717, 1.165) is 39.6 Å². The van der Waals surface area contributed by atoms with Crippen LogP contribution in [0, 0.1) is 5.92 Å². The fourth-order valence-corrected chi connectivity index (χ4v) is 4.45. The van der Waals surface area contributed by atoms with Gasteiger partial charge in [-0.1, -0.05) is 48.4 Å². The van der Waals surface area contributed by atoms with Gasteiger partial charge in [0.25, 0.3) is 0 Å². The third kappa shape index (κ3) is 5.78. The number of halogens is 3. The first kappa shape index (κ1) is 22.7. The predicted molar refractivity (Wildman–Crippen MR) is 128 cm³/mol. The van der Waals surface area contributed by atoms with Crippen LogP contribution in [0.4, 0.5) is 0 Å². The number of hydrogen-bond donors (Lipinski definition) is 0. The quantitative estimate of drug-likeness (QED) is 0.380. The number of rotatable bonds is 6. The van der Waals surface area contributed by atoms with Crippen LogP contribution in [0.25, 0.3) is 0 Å². The maximum Gasteiger partial charge on any atom is 0.175 e. The molecule has 3 rings (SSSR count). The van der Waals surface area contributed by atoms with Crippen LogP contribution < -0.4 is 9.47 Å². The smallest absolute Gasteiger partial charge is 0.175 e. The molecular weight excluding hydrogens is 493 g/mol. The minimum absolute atomic E-state index is 0.351. The van der Waals surface area contributed by atoms with Gasteiger partial charge in [0.05, 0.1) is 21.1 Å². The summed E-state index contributed by atoms with van der Waals surface area (Å²) in [5.41, 5.74) is 1.89. The molecule has 0 saturated carbocycles.